The predicted octanol–water partition coefficient (Wildman–Crippen LogP) is 1.47. The molecule has 7 nitrogen and oxygen atoms in total. The monoisotopic (exact) mass is 306 g/mol. The Morgan fingerprint density at radius 3 is 2.41 bits per heavy atom. The first kappa shape index (κ1) is 17.2. The molecule has 1 rings (SSSR count). The van der Waals surface area contributed by atoms with Gasteiger partial charge >= 0.3 is 18.0 Å². The van der Waals surface area contributed by atoms with E-state index in [0.29, 0.717) is 5.69 Å². The summed E-state index contributed by atoms with van der Waals surface area (Å²) < 4.78 is 9.21. The van der Waals surface area contributed by atoms with Crippen LogP contribution in [0.1, 0.15) is 6.92 Å². The lowest BCUT2D eigenvalue weighted by Crippen LogP contribution is -2.39. The zero-order valence-corrected chi connectivity index (χ0v) is 12.4. The fraction of sp³-hybridized carbons (Fsp3) is 0.267. The van der Waals surface area contributed by atoms with Gasteiger partial charge < -0.3 is 20.1 Å². The van der Waals surface area contributed by atoms with E-state index >= 15 is 0 Å². The number of carbonyl (C=O) groups is 3. The molecule has 2 N–H and O–H groups in total. The number of benzene rings is 1. The summed E-state index contributed by atoms with van der Waals surface area (Å²) in [6.45, 7) is 1.66. The third kappa shape index (κ3) is 7.09. The van der Waals surface area contributed by atoms with Gasteiger partial charge in [-0.2, -0.15) is 0 Å². The maximum absolute atomic E-state index is 11.7. The van der Waals surface area contributed by atoms with Gasteiger partial charge in [0.2, 0.25) is 0 Å². The van der Waals surface area contributed by atoms with Crippen LogP contribution in [0.3, 0.4) is 0 Å². The Balaban J connectivity index is 2.29. The van der Waals surface area contributed by atoms with Crippen LogP contribution in [0.5, 0.6) is 0 Å². The molecule has 7 heteroatoms. The molecule has 22 heavy (non-hydrogen) atoms. The predicted molar refractivity (Wildman–Crippen MR) is 80.2 cm³/mol. The lowest BCUT2D eigenvalue weighted by molar-refractivity contribution is -0.139. The molecule has 1 aromatic rings. The SMILES string of the molecule is COC(=O)/C=C/C(=O)OC[C@H](C)NC(=O)Nc1ccccc1. The summed E-state index contributed by atoms with van der Waals surface area (Å²) in [6.07, 6.45) is 1.92. The molecule has 0 spiro atoms. The molecule has 0 unspecified atom stereocenters. The number of esters is 2. The van der Waals surface area contributed by atoms with Crippen LogP contribution in [0.4, 0.5) is 10.5 Å². The third-order valence-electron chi connectivity index (χ3n) is 2.44. The maximum Gasteiger partial charge on any atom is 0.331 e. The Hall–Kier alpha value is -2.83. The molecule has 0 aliphatic heterocycles. The topological polar surface area (TPSA) is 93.7 Å². The maximum atomic E-state index is 11.7. The van der Waals surface area contributed by atoms with E-state index in [1.807, 2.05) is 6.07 Å². The largest absolute Gasteiger partial charge is 0.466 e. The van der Waals surface area contributed by atoms with E-state index in [2.05, 4.69) is 15.4 Å². The summed E-state index contributed by atoms with van der Waals surface area (Å²) in [7, 11) is 1.20. The number of hydrogen-bond acceptors (Lipinski definition) is 5. The van der Waals surface area contributed by atoms with Gasteiger partial charge in [-0.15, -0.1) is 0 Å². The Morgan fingerprint density at radius 1 is 1.14 bits per heavy atom. The zero-order valence-electron chi connectivity index (χ0n) is 12.4. The smallest absolute Gasteiger partial charge is 0.331 e. The average molecular weight is 306 g/mol. The molecule has 0 aliphatic rings. The highest BCUT2D eigenvalue weighted by molar-refractivity contribution is 5.91. The van der Waals surface area contributed by atoms with Gasteiger partial charge in [-0.1, -0.05) is 18.2 Å². The number of nitrogens with one attached hydrogen (secondary N) is 2. The highest BCUT2D eigenvalue weighted by atomic mass is 16.5. The molecular weight excluding hydrogens is 288 g/mol. The second kappa shape index (κ2) is 9.17. The average Bonchev–Trinajstić information content (AvgIpc) is 2.51. The van der Waals surface area contributed by atoms with Gasteiger partial charge in [0.15, 0.2) is 0 Å². The van der Waals surface area contributed by atoms with Gasteiger partial charge in [-0.05, 0) is 19.1 Å². The van der Waals surface area contributed by atoms with E-state index in [0.717, 1.165) is 12.2 Å². The van der Waals surface area contributed by atoms with Crippen LogP contribution in [0.2, 0.25) is 0 Å². The summed E-state index contributed by atoms with van der Waals surface area (Å²) in [5.41, 5.74) is 0.658. The van der Waals surface area contributed by atoms with Gasteiger partial charge in [-0.25, -0.2) is 14.4 Å². The Labute approximate surface area is 128 Å². The van der Waals surface area contributed by atoms with E-state index in [9.17, 15) is 14.4 Å². The Kier molecular flexibility index (Phi) is 7.18. The normalized spacial score (nSPS) is 11.5. The molecule has 1 atom stereocenters. The quantitative estimate of drug-likeness (QED) is 0.613. The van der Waals surface area contributed by atoms with E-state index < -0.39 is 18.0 Å². The highest BCUT2D eigenvalue weighted by Gasteiger charge is 2.09. The fourth-order valence-corrected chi connectivity index (χ4v) is 1.41. The van der Waals surface area contributed by atoms with Crippen LogP contribution < -0.4 is 10.6 Å². The van der Waals surface area contributed by atoms with E-state index in [1.54, 1.807) is 31.2 Å². The first-order valence-electron chi connectivity index (χ1n) is 6.56. The molecule has 0 radical (unpaired) electrons. The number of carbonyl (C=O) groups excluding carboxylic acids is 3. The van der Waals surface area contributed by atoms with Crippen molar-refractivity contribution >= 4 is 23.7 Å². The Morgan fingerprint density at radius 2 is 1.77 bits per heavy atom. The van der Waals surface area contributed by atoms with Crippen LogP contribution in [-0.2, 0) is 19.1 Å². The van der Waals surface area contributed by atoms with Crippen LogP contribution >= 0.6 is 0 Å². The number of para-hydroxylation sites is 1. The molecule has 118 valence electrons. The standard InChI is InChI=1S/C15H18N2O5/c1-11(10-22-14(19)9-8-13(18)21-2)16-15(20)17-12-6-4-3-5-7-12/h3-9,11H,10H2,1-2H3,(H2,16,17,20)/b9-8+/t11-/m0/s1. The van der Waals surface area contributed by atoms with Gasteiger partial charge in [0.25, 0.3) is 0 Å². The summed E-state index contributed by atoms with van der Waals surface area (Å²) in [6, 6.07) is 8.15. The van der Waals surface area contributed by atoms with Crippen LogP contribution in [0, 0.1) is 0 Å². The first-order chi connectivity index (χ1) is 10.5. The fourth-order valence-electron chi connectivity index (χ4n) is 1.41. The number of rotatable bonds is 6. The molecular formula is C15H18N2O5. The van der Waals surface area contributed by atoms with E-state index in [4.69, 9.17) is 4.74 Å². The number of methoxy groups -OCH3 is 1. The minimum Gasteiger partial charge on any atom is -0.466 e. The molecule has 0 fully saturated rings. The van der Waals surface area contributed by atoms with Crippen LogP contribution in [0.15, 0.2) is 42.5 Å². The molecule has 0 heterocycles. The molecule has 0 aliphatic carbocycles. The zero-order chi connectivity index (χ0) is 16.4. The van der Waals surface area contributed by atoms with Gasteiger partial charge in [0.1, 0.15) is 6.61 Å². The third-order valence-corrected chi connectivity index (χ3v) is 2.44. The molecule has 0 bridgehead atoms. The van der Waals surface area contributed by atoms with Crippen molar-refractivity contribution in [3.8, 4) is 0 Å². The summed E-state index contributed by atoms with van der Waals surface area (Å²) >= 11 is 0. The highest BCUT2D eigenvalue weighted by Crippen LogP contribution is 2.04. The summed E-state index contributed by atoms with van der Waals surface area (Å²) in [4.78, 5) is 33.8. The minimum absolute atomic E-state index is 0.0213. The van der Waals surface area contributed by atoms with Crippen molar-refractivity contribution in [1.29, 1.82) is 0 Å². The molecule has 0 saturated carbocycles. The second-order valence-corrected chi connectivity index (χ2v) is 4.35. The number of hydrogen-bond donors (Lipinski definition) is 2. The minimum atomic E-state index is -0.692. The van der Waals surface area contributed by atoms with Crippen molar-refractivity contribution in [3.63, 3.8) is 0 Å². The number of amides is 2. The molecule has 0 saturated heterocycles. The van der Waals surface area contributed by atoms with Gasteiger partial charge in [0, 0.05) is 17.8 Å². The van der Waals surface area contributed by atoms with Gasteiger partial charge in [0.05, 0.1) is 13.2 Å². The lowest BCUT2D eigenvalue weighted by atomic mass is 10.3. The van der Waals surface area contributed by atoms with Gasteiger partial charge in [-0.3, -0.25) is 0 Å². The number of anilines is 1. The van der Waals surface area contributed by atoms with Crippen LogP contribution in [-0.4, -0.2) is 37.7 Å². The number of urea groups is 1. The van der Waals surface area contributed by atoms with Crippen molar-refractivity contribution in [3.05, 3.63) is 42.5 Å². The Bertz CT molecular complexity index is 542. The van der Waals surface area contributed by atoms with Crippen molar-refractivity contribution in [2.75, 3.05) is 19.0 Å². The summed E-state index contributed by atoms with van der Waals surface area (Å²) in [5, 5.41) is 5.26. The first-order valence-corrected chi connectivity index (χ1v) is 6.56. The van der Waals surface area contributed by atoms with E-state index in [-0.39, 0.29) is 12.6 Å². The van der Waals surface area contributed by atoms with Crippen molar-refractivity contribution < 1.29 is 23.9 Å². The van der Waals surface area contributed by atoms with E-state index in [1.165, 1.54) is 7.11 Å². The molecule has 2 amide bonds. The summed E-state index contributed by atoms with van der Waals surface area (Å²) in [5.74, 6) is -1.34. The molecule has 1 aromatic carbocycles. The molecule has 0 aromatic heterocycles. The van der Waals surface area contributed by atoms with Crippen molar-refractivity contribution in [1.82, 2.24) is 5.32 Å². The second-order valence-electron chi connectivity index (χ2n) is 4.35. The van der Waals surface area contributed by atoms with Crippen molar-refractivity contribution in [2.45, 2.75) is 13.0 Å². The number of ether oxygens (including phenoxy) is 2. The van der Waals surface area contributed by atoms with Crippen LogP contribution in [0.25, 0.3) is 0 Å². The van der Waals surface area contributed by atoms with Crippen molar-refractivity contribution in [2.24, 2.45) is 0 Å². The lowest BCUT2D eigenvalue weighted by Gasteiger charge is -2.14.